The molecule has 0 amide bonds. The number of H-pyrrole nitrogens is 1. The summed E-state index contributed by atoms with van der Waals surface area (Å²) in [6.45, 7) is 4.01. The average Bonchev–Trinajstić information content (AvgIpc) is 2.49. The zero-order valence-corrected chi connectivity index (χ0v) is 12.3. The zero-order chi connectivity index (χ0) is 15.2. The number of benzene rings is 1. The van der Waals surface area contributed by atoms with E-state index in [0.717, 1.165) is 12.2 Å². The molecule has 2 N–H and O–H groups in total. The van der Waals surface area contributed by atoms with Crippen LogP contribution in [0.2, 0.25) is 0 Å². The van der Waals surface area contributed by atoms with Gasteiger partial charge in [0, 0.05) is 24.3 Å². The number of ether oxygens (including phenoxy) is 1. The van der Waals surface area contributed by atoms with Crippen LogP contribution in [-0.2, 0) is 19.4 Å². The van der Waals surface area contributed by atoms with Gasteiger partial charge in [0.15, 0.2) is 0 Å². The van der Waals surface area contributed by atoms with Crippen molar-refractivity contribution in [3.63, 3.8) is 0 Å². The van der Waals surface area contributed by atoms with Crippen LogP contribution < -0.4 is 10.3 Å². The van der Waals surface area contributed by atoms with Gasteiger partial charge >= 0.3 is 0 Å². The Bertz CT molecular complexity index is 648. The first-order valence-corrected chi connectivity index (χ1v) is 7.05. The van der Waals surface area contributed by atoms with Gasteiger partial charge < -0.3 is 14.8 Å². The van der Waals surface area contributed by atoms with Crippen LogP contribution >= 0.6 is 0 Å². The van der Waals surface area contributed by atoms with Crippen LogP contribution in [0.5, 0.6) is 5.75 Å². The number of aromatic amines is 1. The van der Waals surface area contributed by atoms with Gasteiger partial charge in [-0.05, 0) is 31.0 Å². The number of aryl methyl sites for hydroxylation is 2. The summed E-state index contributed by atoms with van der Waals surface area (Å²) < 4.78 is 5.62. The van der Waals surface area contributed by atoms with Crippen molar-refractivity contribution < 1.29 is 9.84 Å². The van der Waals surface area contributed by atoms with E-state index >= 15 is 0 Å². The topological polar surface area (TPSA) is 75.2 Å². The predicted molar refractivity (Wildman–Crippen MR) is 80.5 cm³/mol. The third kappa shape index (κ3) is 3.92. The zero-order valence-electron chi connectivity index (χ0n) is 12.3. The normalized spacial score (nSPS) is 10.6. The van der Waals surface area contributed by atoms with Crippen molar-refractivity contribution in [2.45, 2.75) is 33.3 Å². The largest absolute Gasteiger partial charge is 0.486 e. The molecule has 5 nitrogen and oxygen atoms in total. The molecule has 1 aromatic carbocycles. The molecule has 1 aromatic heterocycles. The molecule has 0 aliphatic rings. The van der Waals surface area contributed by atoms with Crippen molar-refractivity contribution in [2.75, 3.05) is 6.61 Å². The van der Waals surface area contributed by atoms with Gasteiger partial charge in [-0.2, -0.15) is 0 Å². The Morgan fingerprint density at radius 2 is 2.00 bits per heavy atom. The maximum Gasteiger partial charge on any atom is 0.254 e. The van der Waals surface area contributed by atoms with E-state index in [1.165, 1.54) is 5.56 Å². The van der Waals surface area contributed by atoms with Crippen LogP contribution in [0, 0.1) is 6.92 Å². The van der Waals surface area contributed by atoms with Crippen molar-refractivity contribution in [3.05, 3.63) is 57.3 Å². The third-order valence-electron chi connectivity index (χ3n) is 3.34. The maximum absolute atomic E-state index is 11.9. The molecule has 0 bridgehead atoms. The standard InChI is InChI=1S/C16H20N2O3/c1-3-12-4-6-13(7-5-12)21-10-15-17-11(2)14(8-9-19)16(20)18-15/h4-7,19H,3,8-10H2,1-2H3,(H,17,18,20). The fourth-order valence-corrected chi connectivity index (χ4v) is 2.12. The van der Waals surface area contributed by atoms with Gasteiger partial charge in [-0.25, -0.2) is 4.98 Å². The second-order valence-electron chi connectivity index (χ2n) is 4.84. The molecule has 1 heterocycles. The number of aromatic nitrogens is 2. The average molecular weight is 288 g/mol. The number of hydrogen-bond acceptors (Lipinski definition) is 4. The molecule has 0 saturated carbocycles. The van der Waals surface area contributed by atoms with Gasteiger partial charge in [0.1, 0.15) is 18.2 Å². The monoisotopic (exact) mass is 288 g/mol. The molecule has 21 heavy (non-hydrogen) atoms. The van der Waals surface area contributed by atoms with Crippen molar-refractivity contribution in [3.8, 4) is 5.75 Å². The maximum atomic E-state index is 11.9. The van der Waals surface area contributed by atoms with Gasteiger partial charge in [-0.1, -0.05) is 19.1 Å². The van der Waals surface area contributed by atoms with Crippen LogP contribution in [-0.4, -0.2) is 21.7 Å². The molecule has 0 aliphatic heterocycles. The van der Waals surface area contributed by atoms with Crippen molar-refractivity contribution in [1.29, 1.82) is 0 Å². The lowest BCUT2D eigenvalue weighted by Crippen LogP contribution is -2.20. The van der Waals surface area contributed by atoms with E-state index in [4.69, 9.17) is 9.84 Å². The van der Waals surface area contributed by atoms with E-state index in [9.17, 15) is 4.79 Å². The Morgan fingerprint density at radius 3 is 2.57 bits per heavy atom. The highest BCUT2D eigenvalue weighted by molar-refractivity contribution is 5.27. The minimum absolute atomic E-state index is 0.0643. The molecule has 0 unspecified atom stereocenters. The number of hydrogen-bond donors (Lipinski definition) is 2. The molecule has 0 aliphatic carbocycles. The fourth-order valence-electron chi connectivity index (χ4n) is 2.12. The molecule has 0 saturated heterocycles. The fraction of sp³-hybridized carbons (Fsp3) is 0.375. The number of nitrogens with one attached hydrogen (secondary N) is 1. The third-order valence-corrected chi connectivity index (χ3v) is 3.34. The molecule has 2 rings (SSSR count). The highest BCUT2D eigenvalue weighted by Gasteiger charge is 2.08. The number of aliphatic hydroxyl groups excluding tert-OH is 1. The Kier molecular flexibility index (Phi) is 5.11. The molecule has 112 valence electrons. The first-order valence-electron chi connectivity index (χ1n) is 7.05. The Morgan fingerprint density at radius 1 is 1.29 bits per heavy atom. The summed E-state index contributed by atoms with van der Waals surface area (Å²) in [6, 6.07) is 7.84. The molecular weight excluding hydrogens is 268 g/mol. The molecule has 2 aromatic rings. The molecule has 0 spiro atoms. The van der Waals surface area contributed by atoms with Crippen LogP contribution in [0.1, 0.15) is 29.6 Å². The summed E-state index contributed by atoms with van der Waals surface area (Å²) in [4.78, 5) is 18.9. The first kappa shape index (κ1) is 15.3. The molecule has 0 fully saturated rings. The number of aliphatic hydroxyl groups is 1. The summed E-state index contributed by atoms with van der Waals surface area (Å²) in [5.74, 6) is 1.23. The minimum atomic E-state index is -0.212. The van der Waals surface area contributed by atoms with E-state index in [1.807, 2.05) is 24.3 Å². The van der Waals surface area contributed by atoms with Crippen molar-refractivity contribution >= 4 is 0 Å². The van der Waals surface area contributed by atoms with Gasteiger partial charge in [-0.3, -0.25) is 4.79 Å². The smallest absolute Gasteiger partial charge is 0.254 e. The highest BCUT2D eigenvalue weighted by atomic mass is 16.5. The molecular formula is C16H20N2O3. The lowest BCUT2D eigenvalue weighted by Gasteiger charge is -2.08. The minimum Gasteiger partial charge on any atom is -0.486 e. The van der Waals surface area contributed by atoms with Crippen LogP contribution in [0.3, 0.4) is 0 Å². The van der Waals surface area contributed by atoms with E-state index in [0.29, 0.717) is 23.5 Å². The highest BCUT2D eigenvalue weighted by Crippen LogP contribution is 2.13. The molecule has 5 heteroatoms. The van der Waals surface area contributed by atoms with Gasteiger partial charge in [0.25, 0.3) is 5.56 Å². The summed E-state index contributed by atoms with van der Waals surface area (Å²) in [7, 11) is 0. The second kappa shape index (κ2) is 7.04. The van der Waals surface area contributed by atoms with E-state index in [-0.39, 0.29) is 18.8 Å². The van der Waals surface area contributed by atoms with Gasteiger partial charge in [0.05, 0.1) is 0 Å². The van der Waals surface area contributed by atoms with Crippen molar-refractivity contribution in [2.24, 2.45) is 0 Å². The number of rotatable bonds is 6. The molecule has 0 atom stereocenters. The summed E-state index contributed by atoms with van der Waals surface area (Å²) in [5.41, 5.74) is 2.19. The summed E-state index contributed by atoms with van der Waals surface area (Å²) >= 11 is 0. The second-order valence-corrected chi connectivity index (χ2v) is 4.84. The van der Waals surface area contributed by atoms with Crippen LogP contribution in [0.25, 0.3) is 0 Å². The Labute approximate surface area is 123 Å². The van der Waals surface area contributed by atoms with Crippen LogP contribution in [0.15, 0.2) is 29.1 Å². The lowest BCUT2D eigenvalue weighted by molar-refractivity contribution is 0.292. The van der Waals surface area contributed by atoms with E-state index < -0.39 is 0 Å². The van der Waals surface area contributed by atoms with E-state index in [1.54, 1.807) is 6.92 Å². The first-order chi connectivity index (χ1) is 10.1. The molecule has 0 radical (unpaired) electrons. The lowest BCUT2D eigenvalue weighted by atomic mass is 10.2. The quantitative estimate of drug-likeness (QED) is 0.849. The SMILES string of the molecule is CCc1ccc(OCc2nc(C)c(CCO)c(=O)[nH]2)cc1. The Hall–Kier alpha value is -2.14. The summed E-state index contributed by atoms with van der Waals surface area (Å²) in [6.07, 6.45) is 1.30. The van der Waals surface area contributed by atoms with Crippen LogP contribution in [0.4, 0.5) is 0 Å². The number of nitrogens with zero attached hydrogens (tertiary/aromatic N) is 1. The Balaban J connectivity index is 2.07. The van der Waals surface area contributed by atoms with Gasteiger partial charge in [-0.15, -0.1) is 0 Å². The van der Waals surface area contributed by atoms with E-state index in [2.05, 4.69) is 16.9 Å². The summed E-state index contributed by atoms with van der Waals surface area (Å²) in [5, 5.41) is 8.93. The van der Waals surface area contributed by atoms with Crippen molar-refractivity contribution in [1.82, 2.24) is 9.97 Å². The van der Waals surface area contributed by atoms with Gasteiger partial charge in [0.2, 0.25) is 0 Å². The predicted octanol–water partition coefficient (Wildman–Crippen LogP) is 1.75.